The molecule has 0 atom stereocenters. The highest BCUT2D eigenvalue weighted by atomic mass is 35.5. The molecular formula is C11H13ClN2O4. The number of carbonyl (C=O) groups is 1. The van der Waals surface area contributed by atoms with E-state index in [9.17, 15) is 20.0 Å². The molecule has 0 aliphatic heterocycles. The summed E-state index contributed by atoms with van der Waals surface area (Å²) < 4.78 is 0. The number of nitro benzene ring substituents is 1. The molecule has 0 unspecified atom stereocenters. The quantitative estimate of drug-likeness (QED) is 0.645. The minimum absolute atomic E-state index is 0.00832. The molecule has 6 nitrogen and oxygen atoms in total. The van der Waals surface area contributed by atoms with Crippen LogP contribution in [-0.4, -0.2) is 28.1 Å². The maximum absolute atomic E-state index is 11.8. The topological polar surface area (TPSA) is 92.5 Å². The van der Waals surface area contributed by atoms with Crippen molar-refractivity contribution in [3.8, 4) is 0 Å². The Morgan fingerprint density at radius 2 is 2.17 bits per heavy atom. The molecule has 0 radical (unpaired) electrons. The van der Waals surface area contributed by atoms with Gasteiger partial charge in [-0.15, -0.1) is 0 Å². The molecule has 0 aromatic heterocycles. The molecule has 0 saturated heterocycles. The molecule has 0 aliphatic rings. The molecule has 1 aromatic rings. The number of rotatable bonds is 4. The van der Waals surface area contributed by atoms with E-state index in [1.54, 1.807) is 0 Å². The van der Waals surface area contributed by atoms with Crippen LogP contribution in [0.3, 0.4) is 0 Å². The zero-order valence-electron chi connectivity index (χ0n) is 9.94. The van der Waals surface area contributed by atoms with Crippen LogP contribution in [-0.2, 0) is 0 Å². The summed E-state index contributed by atoms with van der Waals surface area (Å²) in [6, 6.07) is 3.79. The first kappa shape index (κ1) is 14.4. The summed E-state index contributed by atoms with van der Waals surface area (Å²) in [5.74, 6) is -0.625. The van der Waals surface area contributed by atoms with E-state index in [-0.39, 0.29) is 22.8 Å². The first-order valence-corrected chi connectivity index (χ1v) is 5.53. The molecule has 7 heteroatoms. The minimum Gasteiger partial charge on any atom is -0.389 e. The first-order valence-electron chi connectivity index (χ1n) is 5.15. The van der Waals surface area contributed by atoms with E-state index in [0.29, 0.717) is 0 Å². The van der Waals surface area contributed by atoms with Crippen molar-refractivity contribution >= 4 is 23.2 Å². The summed E-state index contributed by atoms with van der Waals surface area (Å²) in [4.78, 5) is 21.9. The van der Waals surface area contributed by atoms with Crippen LogP contribution in [0.15, 0.2) is 18.2 Å². The van der Waals surface area contributed by atoms with E-state index in [1.165, 1.54) is 26.0 Å². The fraction of sp³-hybridized carbons (Fsp3) is 0.364. The molecule has 2 N–H and O–H groups in total. The Bertz CT molecular complexity index is 482. The molecule has 98 valence electrons. The van der Waals surface area contributed by atoms with Gasteiger partial charge in [0.15, 0.2) is 0 Å². The minimum atomic E-state index is -1.09. The van der Waals surface area contributed by atoms with Crippen molar-refractivity contribution in [2.75, 3.05) is 6.54 Å². The van der Waals surface area contributed by atoms with Gasteiger partial charge in [-0.1, -0.05) is 11.6 Å². The van der Waals surface area contributed by atoms with E-state index >= 15 is 0 Å². The van der Waals surface area contributed by atoms with E-state index in [4.69, 9.17) is 11.6 Å². The smallest absolute Gasteiger partial charge is 0.283 e. The Balaban J connectivity index is 2.95. The second kappa shape index (κ2) is 5.32. The van der Waals surface area contributed by atoms with Crippen molar-refractivity contribution in [3.63, 3.8) is 0 Å². The van der Waals surface area contributed by atoms with Crippen LogP contribution >= 0.6 is 11.6 Å². The van der Waals surface area contributed by atoms with Crippen molar-refractivity contribution in [1.29, 1.82) is 0 Å². The van der Waals surface area contributed by atoms with E-state index in [0.717, 1.165) is 6.07 Å². The number of halogens is 1. The predicted molar refractivity (Wildman–Crippen MR) is 66.7 cm³/mol. The molecule has 0 bridgehead atoms. The van der Waals surface area contributed by atoms with Crippen LogP contribution in [0, 0.1) is 10.1 Å². The van der Waals surface area contributed by atoms with Crippen molar-refractivity contribution in [2.24, 2.45) is 0 Å². The zero-order chi connectivity index (χ0) is 13.9. The summed E-state index contributed by atoms with van der Waals surface area (Å²) in [6.07, 6.45) is 0. The van der Waals surface area contributed by atoms with Gasteiger partial charge in [-0.25, -0.2) is 0 Å². The molecule has 1 aromatic carbocycles. The highest BCUT2D eigenvalue weighted by Crippen LogP contribution is 2.23. The Labute approximate surface area is 109 Å². The third-order valence-electron chi connectivity index (χ3n) is 2.08. The molecular weight excluding hydrogens is 260 g/mol. The van der Waals surface area contributed by atoms with E-state index < -0.39 is 16.4 Å². The molecule has 0 fully saturated rings. The monoisotopic (exact) mass is 272 g/mol. The normalized spacial score (nSPS) is 11.1. The fourth-order valence-electron chi connectivity index (χ4n) is 1.24. The number of hydrogen-bond donors (Lipinski definition) is 2. The lowest BCUT2D eigenvalue weighted by Crippen LogP contribution is -2.38. The van der Waals surface area contributed by atoms with Gasteiger partial charge in [-0.2, -0.15) is 0 Å². The average Bonchev–Trinajstić information content (AvgIpc) is 2.24. The van der Waals surface area contributed by atoms with Gasteiger partial charge in [0.25, 0.3) is 11.6 Å². The average molecular weight is 273 g/mol. The number of hydrogen-bond acceptors (Lipinski definition) is 4. The number of aliphatic hydroxyl groups is 1. The van der Waals surface area contributed by atoms with Gasteiger partial charge in [0, 0.05) is 17.6 Å². The van der Waals surface area contributed by atoms with Gasteiger partial charge in [0.05, 0.1) is 10.5 Å². The van der Waals surface area contributed by atoms with Crippen LogP contribution in [0.25, 0.3) is 0 Å². The van der Waals surface area contributed by atoms with Crippen LogP contribution in [0.2, 0.25) is 5.02 Å². The number of nitro groups is 1. The standard InChI is InChI=1S/C11H13ClN2O4/c1-11(2,16)6-13-10(15)8-4-3-7(12)5-9(8)14(17)18/h3-5,16H,6H2,1-2H3,(H,13,15). The Hall–Kier alpha value is -1.66. The van der Waals surface area contributed by atoms with Crippen LogP contribution < -0.4 is 5.32 Å². The number of carbonyl (C=O) groups excluding carboxylic acids is 1. The lowest BCUT2D eigenvalue weighted by Gasteiger charge is -2.17. The van der Waals surface area contributed by atoms with Gasteiger partial charge < -0.3 is 10.4 Å². The Kier molecular flexibility index (Phi) is 4.26. The summed E-state index contributed by atoms with van der Waals surface area (Å²) in [6.45, 7) is 3.03. The van der Waals surface area contributed by atoms with Gasteiger partial charge >= 0.3 is 0 Å². The summed E-state index contributed by atoms with van der Waals surface area (Å²) in [5, 5.41) is 22.9. The maximum Gasteiger partial charge on any atom is 0.283 e. The van der Waals surface area contributed by atoms with Crippen molar-refractivity contribution in [1.82, 2.24) is 5.32 Å². The molecule has 0 spiro atoms. The van der Waals surface area contributed by atoms with Gasteiger partial charge in [0.1, 0.15) is 5.56 Å². The SMILES string of the molecule is CC(C)(O)CNC(=O)c1ccc(Cl)cc1[N+](=O)[O-]. The predicted octanol–water partition coefficient (Wildman–Crippen LogP) is 1.75. The summed E-state index contributed by atoms with van der Waals surface area (Å²) in [5.41, 5.74) is -1.54. The van der Waals surface area contributed by atoms with E-state index in [2.05, 4.69) is 5.32 Å². The molecule has 0 aliphatic carbocycles. The molecule has 1 amide bonds. The first-order chi connectivity index (χ1) is 8.20. The summed E-state index contributed by atoms with van der Waals surface area (Å²) >= 11 is 5.64. The Morgan fingerprint density at radius 3 is 2.67 bits per heavy atom. The lowest BCUT2D eigenvalue weighted by molar-refractivity contribution is -0.385. The second-order valence-electron chi connectivity index (χ2n) is 4.41. The third kappa shape index (κ3) is 3.97. The van der Waals surface area contributed by atoms with Crippen molar-refractivity contribution in [2.45, 2.75) is 19.4 Å². The third-order valence-corrected chi connectivity index (χ3v) is 2.32. The number of amides is 1. The molecule has 0 saturated carbocycles. The second-order valence-corrected chi connectivity index (χ2v) is 4.85. The fourth-order valence-corrected chi connectivity index (χ4v) is 1.41. The van der Waals surface area contributed by atoms with Crippen molar-refractivity contribution in [3.05, 3.63) is 38.9 Å². The lowest BCUT2D eigenvalue weighted by atomic mass is 10.1. The number of benzene rings is 1. The van der Waals surface area contributed by atoms with Crippen LogP contribution in [0.1, 0.15) is 24.2 Å². The van der Waals surface area contributed by atoms with Crippen molar-refractivity contribution < 1.29 is 14.8 Å². The van der Waals surface area contributed by atoms with E-state index in [1.807, 2.05) is 0 Å². The van der Waals surface area contributed by atoms with Crippen LogP contribution in [0.4, 0.5) is 5.69 Å². The van der Waals surface area contributed by atoms with Gasteiger partial charge in [-0.3, -0.25) is 14.9 Å². The number of nitrogens with one attached hydrogen (secondary N) is 1. The van der Waals surface area contributed by atoms with Gasteiger partial charge in [-0.05, 0) is 26.0 Å². The maximum atomic E-state index is 11.8. The van der Waals surface area contributed by atoms with Crippen LogP contribution in [0.5, 0.6) is 0 Å². The van der Waals surface area contributed by atoms with Gasteiger partial charge in [0.2, 0.25) is 0 Å². The molecule has 0 heterocycles. The zero-order valence-corrected chi connectivity index (χ0v) is 10.7. The highest BCUT2D eigenvalue weighted by molar-refractivity contribution is 6.31. The molecule has 18 heavy (non-hydrogen) atoms. The summed E-state index contributed by atoms with van der Waals surface area (Å²) in [7, 11) is 0. The Morgan fingerprint density at radius 1 is 1.56 bits per heavy atom. The highest BCUT2D eigenvalue weighted by Gasteiger charge is 2.22. The number of nitrogens with zero attached hydrogens (tertiary/aromatic N) is 1. The molecule has 1 rings (SSSR count). The largest absolute Gasteiger partial charge is 0.389 e.